The summed E-state index contributed by atoms with van der Waals surface area (Å²) < 4.78 is 4.93. The Labute approximate surface area is 85.0 Å². The van der Waals surface area contributed by atoms with E-state index in [1.165, 1.54) is 30.4 Å². The summed E-state index contributed by atoms with van der Waals surface area (Å²) in [7, 11) is 0. The lowest BCUT2D eigenvalue weighted by atomic mass is 9.71. The average molecular weight is 191 g/mol. The van der Waals surface area contributed by atoms with Crippen LogP contribution in [0.1, 0.15) is 45.7 Å². The van der Waals surface area contributed by atoms with Crippen LogP contribution in [-0.2, 0) is 0 Å². The predicted octanol–water partition coefficient (Wildman–Crippen LogP) is 3.66. The van der Waals surface area contributed by atoms with Gasteiger partial charge >= 0.3 is 0 Å². The number of allylic oxidation sites excluding steroid dienone is 2. The smallest absolute Gasteiger partial charge is 0.124 e. The third-order valence-corrected chi connectivity index (χ3v) is 3.15. The van der Waals surface area contributed by atoms with Crippen molar-refractivity contribution >= 4 is 5.57 Å². The Morgan fingerprint density at radius 3 is 2.79 bits per heavy atom. The Balaban J connectivity index is 2.48. The third-order valence-electron chi connectivity index (χ3n) is 3.15. The second kappa shape index (κ2) is 3.26. The van der Waals surface area contributed by atoms with Crippen molar-refractivity contribution in [2.75, 3.05) is 0 Å². The Morgan fingerprint density at radius 1 is 1.43 bits per heavy atom. The van der Waals surface area contributed by atoms with E-state index >= 15 is 0 Å². The lowest BCUT2D eigenvalue weighted by Crippen LogP contribution is -2.19. The fourth-order valence-corrected chi connectivity index (χ4v) is 2.53. The highest BCUT2D eigenvalue weighted by Gasteiger charge is 2.30. The van der Waals surface area contributed by atoms with Crippen LogP contribution in [0.25, 0.3) is 5.57 Å². The van der Waals surface area contributed by atoms with Crippen molar-refractivity contribution in [3.05, 3.63) is 23.6 Å². The fourth-order valence-electron chi connectivity index (χ4n) is 2.53. The van der Waals surface area contributed by atoms with Crippen LogP contribution >= 0.6 is 0 Å². The normalized spacial score (nSPS) is 21.4. The molecule has 1 aliphatic carbocycles. The van der Waals surface area contributed by atoms with Gasteiger partial charge in [0.15, 0.2) is 0 Å². The highest BCUT2D eigenvalue weighted by Crippen LogP contribution is 2.44. The Hall–Kier alpha value is -1.05. The SMILES string of the molecule is CC1=C(c2ccon2)C(C)(C)CCC1. The second-order valence-corrected chi connectivity index (χ2v) is 4.78. The summed E-state index contributed by atoms with van der Waals surface area (Å²) in [5.74, 6) is 0. The van der Waals surface area contributed by atoms with Crippen LogP contribution in [0.5, 0.6) is 0 Å². The van der Waals surface area contributed by atoms with Crippen LogP contribution in [0.4, 0.5) is 0 Å². The van der Waals surface area contributed by atoms with Crippen molar-refractivity contribution < 1.29 is 4.52 Å². The van der Waals surface area contributed by atoms with Crippen LogP contribution in [0.2, 0.25) is 0 Å². The lowest BCUT2D eigenvalue weighted by Gasteiger charge is -2.33. The minimum atomic E-state index is 0.249. The van der Waals surface area contributed by atoms with Crippen LogP contribution in [-0.4, -0.2) is 5.16 Å². The maximum Gasteiger partial charge on any atom is 0.124 e. The highest BCUT2D eigenvalue weighted by atomic mass is 16.5. The Kier molecular flexibility index (Phi) is 2.22. The first-order valence-electron chi connectivity index (χ1n) is 5.22. The standard InChI is InChI=1S/C12H17NO/c1-9-5-4-7-12(2,3)11(9)10-6-8-14-13-10/h6,8H,4-5,7H2,1-3H3. The number of hydrogen-bond donors (Lipinski definition) is 0. The molecule has 76 valence electrons. The summed E-state index contributed by atoms with van der Waals surface area (Å²) in [5.41, 5.74) is 4.12. The molecule has 0 bridgehead atoms. The summed E-state index contributed by atoms with van der Waals surface area (Å²) in [5, 5.41) is 4.05. The van der Waals surface area contributed by atoms with E-state index in [2.05, 4.69) is 25.9 Å². The molecule has 0 aliphatic heterocycles. The molecule has 2 heteroatoms. The van der Waals surface area contributed by atoms with E-state index in [-0.39, 0.29) is 5.41 Å². The first-order chi connectivity index (χ1) is 6.61. The predicted molar refractivity (Wildman–Crippen MR) is 56.7 cm³/mol. The molecule has 1 aliphatic rings. The molecule has 2 rings (SSSR count). The minimum Gasteiger partial charge on any atom is -0.364 e. The van der Waals surface area contributed by atoms with Crippen molar-refractivity contribution in [3.63, 3.8) is 0 Å². The van der Waals surface area contributed by atoms with Crippen LogP contribution < -0.4 is 0 Å². The van der Waals surface area contributed by atoms with Gasteiger partial charge in [-0.3, -0.25) is 0 Å². The van der Waals surface area contributed by atoms with Crippen molar-refractivity contribution in [3.8, 4) is 0 Å². The molecule has 0 saturated heterocycles. The number of aromatic nitrogens is 1. The zero-order valence-electron chi connectivity index (χ0n) is 9.13. The molecule has 14 heavy (non-hydrogen) atoms. The maximum absolute atomic E-state index is 4.93. The third kappa shape index (κ3) is 1.49. The number of rotatable bonds is 1. The van der Waals surface area contributed by atoms with Gasteiger partial charge in [-0.25, -0.2) is 0 Å². The number of nitrogens with zero attached hydrogens (tertiary/aromatic N) is 1. The summed E-state index contributed by atoms with van der Waals surface area (Å²) >= 11 is 0. The molecule has 0 atom stereocenters. The van der Waals surface area contributed by atoms with E-state index in [4.69, 9.17) is 4.52 Å². The van der Waals surface area contributed by atoms with Gasteiger partial charge in [0.05, 0.1) is 0 Å². The average Bonchev–Trinajstić information content (AvgIpc) is 2.55. The molecule has 1 heterocycles. The van der Waals surface area contributed by atoms with Gasteiger partial charge in [-0.15, -0.1) is 0 Å². The highest BCUT2D eigenvalue weighted by molar-refractivity contribution is 5.70. The largest absolute Gasteiger partial charge is 0.364 e. The second-order valence-electron chi connectivity index (χ2n) is 4.78. The fraction of sp³-hybridized carbons (Fsp3) is 0.583. The van der Waals surface area contributed by atoms with Crippen LogP contribution in [0.3, 0.4) is 0 Å². The summed E-state index contributed by atoms with van der Waals surface area (Å²) in [4.78, 5) is 0. The molecule has 1 aromatic rings. The molecular weight excluding hydrogens is 174 g/mol. The van der Waals surface area contributed by atoms with Gasteiger partial charge in [0, 0.05) is 6.07 Å². The summed E-state index contributed by atoms with van der Waals surface area (Å²) in [6.07, 6.45) is 5.39. The maximum atomic E-state index is 4.93. The van der Waals surface area contributed by atoms with Gasteiger partial charge in [-0.1, -0.05) is 24.6 Å². The van der Waals surface area contributed by atoms with Gasteiger partial charge in [0.1, 0.15) is 12.0 Å². The van der Waals surface area contributed by atoms with E-state index < -0.39 is 0 Å². The van der Waals surface area contributed by atoms with E-state index in [1.54, 1.807) is 6.26 Å². The summed E-state index contributed by atoms with van der Waals surface area (Å²) in [6, 6.07) is 1.96. The first-order valence-corrected chi connectivity index (χ1v) is 5.22. The van der Waals surface area contributed by atoms with Gasteiger partial charge in [0.25, 0.3) is 0 Å². The van der Waals surface area contributed by atoms with Crippen LogP contribution in [0, 0.1) is 5.41 Å². The zero-order chi connectivity index (χ0) is 10.2. The summed E-state index contributed by atoms with van der Waals surface area (Å²) in [6.45, 7) is 6.80. The molecule has 0 N–H and O–H groups in total. The molecule has 1 aromatic heterocycles. The van der Waals surface area contributed by atoms with Gasteiger partial charge in [-0.05, 0) is 37.2 Å². The lowest BCUT2D eigenvalue weighted by molar-refractivity contribution is 0.396. The molecule has 0 spiro atoms. The van der Waals surface area contributed by atoms with Gasteiger partial charge in [0.2, 0.25) is 0 Å². The molecule has 0 unspecified atom stereocenters. The van der Waals surface area contributed by atoms with Crippen LogP contribution in [0.15, 0.2) is 22.4 Å². The van der Waals surface area contributed by atoms with E-state index in [9.17, 15) is 0 Å². The molecule has 0 saturated carbocycles. The van der Waals surface area contributed by atoms with Crippen molar-refractivity contribution in [1.29, 1.82) is 0 Å². The minimum absolute atomic E-state index is 0.249. The van der Waals surface area contributed by atoms with E-state index in [1.807, 2.05) is 6.07 Å². The molecule has 2 nitrogen and oxygen atoms in total. The van der Waals surface area contributed by atoms with E-state index in [0.717, 1.165) is 5.69 Å². The Morgan fingerprint density at radius 2 is 2.21 bits per heavy atom. The van der Waals surface area contributed by atoms with E-state index in [0.29, 0.717) is 0 Å². The monoisotopic (exact) mass is 191 g/mol. The van der Waals surface area contributed by atoms with Crippen molar-refractivity contribution in [2.24, 2.45) is 5.41 Å². The van der Waals surface area contributed by atoms with Gasteiger partial charge in [-0.2, -0.15) is 0 Å². The molecule has 0 amide bonds. The number of hydrogen-bond acceptors (Lipinski definition) is 2. The molecule has 0 radical (unpaired) electrons. The first kappa shape index (κ1) is 9.50. The quantitative estimate of drug-likeness (QED) is 0.677. The molecule has 0 aromatic carbocycles. The zero-order valence-corrected chi connectivity index (χ0v) is 9.13. The van der Waals surface area contributed by atoms with Crippen molar-refractivity contribution in [1.82, 2.24) is 5.16 Å². The Bertz CT molecular complexity index is 346. The molecular formula is C12H17NO. The van der Waals surface area contributed by atoms with Crippen molar-refractivity contribution in [2.45, 2.75) is 40.0 Å². The van der Waals surface area contributed by atoms with Gasteiger partial charge < -0.3 is 4.52 Å². The topological polar surface area (TPSA) is 26.0 Å². The molecule has 0 fully saturated rings.